The lowest BCUT2D eigenvalue weighted by molar-refractivity contribution is -0.142. The van der Waals surface area contributed by atoms with Crippen molar-refractivity contribution in [3.8, 4) is 5.75 Å². The van der Waals surface area contributed by atoms with E-state index in [2.05, 4.69) is 35.9 Å². The maximum absolute atomic E-state index is 13.8. The van der Waals surface area contributed by atoms with Gasteiger partial charge in [-0.25, -0.2) is 14.1 Å². The van der Waals surface area contributed by atoms with Crippen molar-refractivity contribution in [2.75, 3.05) is 19.5 Å². The molecule has 0 amide bonds. The van der Waals surface area contributed by atoms with Crippen molar-refractivity contribution in [1.29, 1.82) is 0 Å². The third kappa shape index (κ3) is 5.85. The number of fused-ring (bicyclic) bond motifs is 1. The van der Waals surface area contributed by atoms with Gasteiger partial charge in [-0.2, -0.15) is 10.2 Å². The van der Waals surface area contributed by atoms with Crippen molar-refractivity contribution in [1.82, 2.24) is 19.7 Å². The van der Waals surface area contributed by atoms with E-state index in [0.29, 0.717) is 11.2 Å². The monoisotopic (exact) mass is 577 g/mol. The van der Waals surface area contributed by atoms with Gasteiger partial charge in [-0.1, -0.05) is 32.9 Å². The molecule has 1 saturated heterocycles. The number of nitrogens with zero attached hydrogens (tertiary/aromatic N) is 3. The highest BCUT2D eigenvalue weighted by Gasteiger charge is 2.54. The molecule has 13 nitrogen and oxygen atoms in total. The first kappa shape index (κ1) is 29.9. The molecule has 1 fully saturated rings. The summed E-state index contributed by atoms with van der Waals surface area (Å²) in [7, 11) is -3.03. The van der Waals surface area contributed by atoms with Gasteiger partial charge in [0, 0.05) is 0 Å². The average Bonchev–Trinajstić information content (AvgIpc) is 3.43. The largest absolute Gasteiger partial charge is 0.468 e. The quantitative estimate of drug-likeness (QED) is 0.216. The summed E-state index contributed by atoms with van der Waals surface area (Å²) in [4.78, 5) is 16.0. The summed E-state index contributed by atoms with van der Waals surface area (Å²) in [6.45, 7) is 8.76. The molecule has 0 saturated carbocycles. The van der Waals surface area contributed by atoms with E-state index in [1.54, 1.807) is 31.2 Å². The number of rotatable bonds is 9. The van der Waals surface area contributed by atoms with Crippen LogP contribution in [0.15, 0.2) is 42.7 Å². The summed E-state index contributed by atoms with van der Waals surface area (Å²) in [6.07, 6.45) is -2.68. The Labute approximate surface area is 232 Å². The smallest absolute Gasteiger partial charge is 0.459 e. The van der Waals surface area contributed by atoms with Crippen LogP contribution in [0.3, 0.4) is 0 Å². The maximum Gasteiger partial charge on any atom is 0.459 e. The third-order valence-electron chi connectivity index (χ3n) is 6.92. The predicted molar refractivity (Wildman–Crippen MR) is 146 cm³/mol. The summed E-state index contributed by atoms with van der Waals surface area (Å²) in [6, 6.07) is 9.26. The van der Waals surface area contributed by atoms with Crippen LogP contribution in [-0.2, 0) is 34.4 Å². The molecule has 1 aromatic carbocycles. The highest BCUT2D eigenvalue weighted by Crippen LogP contribution is 2.47. The lowest BCUT2D eigenvalue weighted by Gasteiger charge is -2.27. The number of aliphatic hydroxyl groups is 2. The average molecular weight is 578 g/mol. The molecule has 0 bridgehead atoms. The van der Waals surface area contributed by atoms with Gasteiger partial charge in [0.1, 0.15) is 47.5 Å². The van der Waals surface area contributed by atoms with Gasteiger partial charge in [0.2, 0.25) is 0 Å². The fourth-order valence-corrected chi connectivity index (χ4v) is 6.04. The van der Waals surface area contributed by atoms with Crippen molar-refractivity contribution in [3.05, 3.63) is 54.0 Å². The van der Waals surface area contributed by atoms with E-state index in [1.165, 1.54) is 24.9 Å². The highest BCUT2D eigenvalue weighted by atomic mass is 31.2. The minimum Gasteiger partial charge on any atom is -0.468 e. The van der Waals surface area contributed by atoms with Crippen molar-refractivity contribution in [2.45, 2.75) is 70.0 Å². The fourth-order valence-electron chi connectivity index (χ4n) is 4.54. The van der Waals surface area contributed by atoms with Crippen LogP contribution in [0, 0.1) is 0 Å². The molecule has 1 aliphatic heterocycles. The van der Waals surface area contributed by atoms with Crippen molar-refractivity contribution < 1.29 is 38.1 Å². The Kier molecular flexibility index (Phi) is 8.28. The number of carbonyl (C=O) groups is 1. The summed E-state index contributed by atoms with van der Waals surface area (Å²) in [5, 5.41) is 28.6. The van der Waals surface area contributed by atoms with Gasteiger partial charge < -0.3 is 29.9 Å². The predicted octanol–water partition coefficient (Wildman–Crippen LogP) is 2.30. The normalized spacial score (nSPS) is 25.4. The minimum absolute atomic E-state index is 0.108. The van der Waals surface area contributed by atoms with E-state index in [-0.39, 0.29) is 17.0 Å². The fraction of sp³-hybridized carbons (Fsp3) is 0.500. The van der Waals surface area contributed by atoms with Gasteiger partial charge >= 0.3 is 13.7 Å². The van der Waals surface area contributed by atoms with E-state index in [4.69, 9.17) is 24.3 Å². The Bertz CT molecular complexity index is 1410. The molecule has 1 unspecified atom stereocenters. The summed E-state index contributed by atoms with van der Waals surface area (Å²) >= 11 is 0. The number of hydrogen-bond acceptors (Lipinski definition) is 11. The number of nitrogens with one attached hydrogen (secondary N) is 1. The Morgan fingerprint density at radius 1 is 1.25 bits per heavy atom. The minimum atomic E-state index is -4.23. The second-order valence-corrected chi connectivity index (χ2v) is 12.6. The molecule has 218 valence electrons. The molecule has 14 heteroatoms. The van der Waals surface area contributed by atoms with Gasteiger partial charge in [0.05, 0.1) is 19.4 Å². The molecule has 1 aliphatic rings. The van der Waals surface area contributed by atoms with Gasteiger partial charge in [-0.3, -0.25) is 9.32 Å². The molecule has 0 aliphatic carbocycles. The number of ether oxygens (including phenoxy) is 2. The molecule has 0 radical (unpaired) electrons. The summed E-state index contributed by atoms with van der Waals surface area (Å²) < 4.78 is 37.6. The van der Waals surface area contributed by atoms with Crippen LogP contribution in [0.25, 0.3) is 5.52 Å². The van der Waals surface area contributed by atoms with E-state index < -0.39 is 50.3 Å². The van der Waals surface area contributed by atoms with E-state index in [9.17, 15) is 19.6 Å². The number of anilines is 1. The Balaban J connectivity index is 1.56. The lowest BCUT2D eigenvalue weighted by atomic mass is 9.87. The van der Waals surface area contributed by atoms with Crippen molar-refractivity contribution in [2.24, 2.45) is 0 Å². The Morgan fingerprint density at radius 3 is 2.55 bits per heavy atom. The lowest BCUT2D eigenvalue weighted by Crippen LogP contribution is -2.40. The second-order valence-electron chi connectivity index (χ2n) is 10.9. The summed E-state index contributed by atoms with van der Waals surface area (Å²) in [5.41, 5.74) is 6.35. The summed E-state index contributed by atoms with van der Waals surface area (Å²) in [5.74, 6) is -0.218. The molecule has 3 heterocycles. The third-order valence-corrected chi connectivity index (χ3v) is 8.56. The highest BCUT2D eigenvalue weighted by molar-refractivity contribution is 7.52. The van der Waals surface area contributed by atoms with Crippen LogP contribution in [0.2, 0.25) is 0 Å². The number of esters is 1. The molecule has 0 spiro atoms. The Morgan fingerprint density at radius 2 is 1.93 bits per heavy atom. The number of nitrogen functional groups attached to an aromatic ring is 1. The molecule has 3 aromatic rings. The van der Waals surface area contributed by atoms with Crippen molar-refractivity contribution >= 4 is 25.1 Å². The standard InChI is InChI=1S/C26H36N5O8P/c1-15(24(34)36-6)30-40(35,39-17-9-7-16(8-10-17)25(2,3)4)37-13-19-21(32)22(33)26(5,38-19)20-12-11-18-23(27)28-14-29-31(18)20/h7-12,14-15,19,21-22,32-33H,13H2,1-6H3,(H,30,35)(H2,27,28,29)/t15-,19+,21+,22+,26-,40?/m0/s1. The maximum atomic E-state index is 13.8. The van der Waals surface area contributed by atoms with Gasteiger partial charge in [-0.05, 0) is 49.1 Å². The zero-order chi connectivity index (χ0) is 29.5. The molecule has 5 N–H and O–H groups in total. The van der Waals surface area contributed by atoms with E-state index in [1.807, 2.05) is 12.1 Å². The van der Waals surface area contributed by atoms with Crippen LogP contribution in [0.4, 0.5) is 5.82 Å². The first-order valence-corrected chi connectivity index (χ1v) is 14.3. The van der Waals surface area contributed by atoms with Crippen LogP contribution in [-0.4, -0.2) is 68.9 Å². The van der Waals surface area contributed by atoms with E-state index >= 15 is 0 Å². The van der Waals surface area contributed by atoms with Crippen LogP contribution in [0.5, 0.6) is 5.75 Å². The first-order valence-electron chi connectivity index (χ1n) is 12.7. The number of aliphatic hydroxyl groups excluding tert-OH is 2. The Hall–Kier alpha value is -3.06. The van der Waals surface area contributed by atoms with Gasteiger partial charge in [-0.15, -0.1) is 0 Å². The molecule has 4 rings (SSSR count). The van der Waals surface area contributed by atoms with E-state index in [0.717, 1.165) is 5.56 Å². The van der Waals surface area contributed by atoms with Crippen LogP contribution in [0.1, 0.15) is 45.9 Å². The number of methoxy groups -OCH3 is 1. The number of benzene rings is 1. The number of carbonyl (C=O) groups excluding carboxylic acids is 1. The first-order chi connectivity index (χ1) is 18.7. The number of nitrogens with two attached hydrogens (primary N) is 1. The number of aromatic nitrogens is 3. The number of hydrogen-bond donors (Lipinski definition) is 4. The van der Waals surface area contributed by atoms with Gasteiger partial charge in [0.15, 0.2) is 5.82 Å². The van der Waals surface area contributed by atoms with Crippen LogP contribution >= 0.6 is 7.75 Å². The van der Waals surface area contributed by atoms with Crippen LogP contribution < -0.4 is 15.3 Å². The van der Waals surface area contributed by atoms with Gasteiger partial charge in [0.25, 0.3) is 0 Å². The molecular formula is C26H36N5O8P. The second kappa shape index (κ2) is 11.1. The topological polar surface area (TPSA) is 180 Å². The zero-order valence-corrected chi connectivity index (χ0v) is 24.2. The van der Waals surface area contributed by atoms with Crippen molar-refractivity contribution in [3.63, 3.8) is 0 Å². The zero-order valence-electron chi connectivity index (χ0n) is 23.3. The molecule has 2 aromatic heterocycles. The molecule has 40 heavy (non-hydrogen) atoms. The molecular weight excluding hydrogens is 541 g/mol. The molecule has 6 atom stereocenters. The SMILES string of the molecule is COC(=O)[C@H](C)NP(=O)(OC[C@H]1O[C@@](C)(c2ccc3c(N)ncnn23)[C@H](O)[C@@H]1O)Oc1ccc(C(C)(C)C)cc1.